The molecule has 0 aliphatic carbocycles. The average molecular weight is 1120 g/mol. The topological polar surface area (TPSA) is 162 Å². The molecule has 0 amide bonds. The number of aromatic nitrogens is 3. The lowest BCUT2D eigenvalue weighted by molar-refractivity contribution is -0.162. The zero-order valence-electron chi connectivity index (χ0n) is 50.0. The molecule has 0 bridgehead atoms. The van der Waals surface area contributed by atoms with Gasteiger partial charge in [0.2, 0.25) is 0 Å². The van der Waals surface area contributed by atoms with Crippen LogP contribution in [0, 0.1) is 11.8 Å². The first-order valence-electron chi connectivity index (χ1n) is 28.0. The van der Waals surface area contributed by atoms with Gasteiger partial charge in [-0.1, -0.05) is 127 Å². The van der Waals surface area contributed by atoms with Gasteiger partial charge in [-0.15, -0.1) is 0 Å². The lowest BCUT2D eigenvalue weighted by atomic mass is 9.77. The summed E-state index contributed by atoms with van der Waals surface area (Å²) >= 11 is 0. The van der Waals surface area contributed by atoms with Gasteiger partial charge in [-0.2, -0.15) is 0 Å². The molecule has 0 radical (unpaired) electrons. The minimum absolute atomic E-state index is 0.120. The van der Waals surface area contributed by atoms with E-state index < -0.39 is 51.8 Å². The van der Waals surface area contributed by atoms with Crippen LogP contribution in [-0.4, -0.2) is 104 Å². The van der Waals surface area contributed by atoms with Crippen LogP contribution < -0.4 is 5.32 Å². The third kappa shape index (κ3) is 19.4. The third-order valence-electron chi connectivity index (χ3n) is 12.3. The lowest BCUT2D eigenvalue weighted by Crippen LogP contribution is -2.44. The van der Waals surface area contributed by atoms with Gasteiger partial charge in [0.25, 0.3) is 0 Å². The predicted octanol–water partition coefficient (Wildman–Crippen LogP) is 11.8. The van der Waals surface area contributed by atoms with Crippen molar-refractivity contribution in [3.63, 3.8) is 0 Å². The molecule has 0 saturated heterocycles. The number of pyridine rings is 3. The number of carbonyl (C=O) groups excluding carboxylic acids is 4. The second kappa shape index (κ2) is 27.2. The molecule has 3 aromatic heterocycles. The van der Waals surface area contributed by atoms with Crippen LogP contribution in [0.1, 0.15) is 117 Å². The summed E-state index contributed by atoms with van der Waals surface area (Å²) in [5, 5.41) is 3.85. The summed E-state index contributed by atoms with van der Waals surface area (Å²) in [6.45, 7) is 21.4. The second-order valence-corrected chi connectivity index (χ2v) is 24.4. The summed E-state index contributed by atoms with van der Waals surface area (Å²) in [7, 11) is 0. The highest BCUT2D eigenvalue weighted by molar-refractivity contribution is 5.77. The van der Waals surface area contributed by atoms with Gasteiger partial charge in [-0.25, -0.2) is 15.0 Å². The van der Waals surface area contributed by atoms with Crippen molar-refractivity contribution in [2.24, 2.45) is 0 Å². The number of ether oxygens (including phenoxy) is 4. The van der Waals surface area contributed by atoms with Crippen LogP contribution in [0.25, 0.3) is 33.9 Å². The van der Waals surface area contributed by atoms with Gasteiger partial charge in [0, 0.05) is 18.7 Å². The smallest absolute Gasteiger partial charge is 0.320 e. The standard InChI is InChI=1S/C69H78N6O8/c1-65(2,3)80-61(76)45-74(46-62(77)81-66(4,5)6)43-55-32-22-34-57(71-55)59-41-51(42-60(73-59)58-35-23-33-56(72-58)44-75(47-63(78)82-67(7,8)9)48-64(79)83-68(10,11)12)50-38-36-49(37-39-50)25-24-40-70-69(52-26-16-13-17-27-52,53-28-18-14-19-29-53)54-30-20-15-21-31-54/h13-23,26-39,41-42,70H,40,43-48H2,1-12H3. The van der Waals surface area contributed by atoms with Gasteiger partial charge in [-0.3, -0.25) is 34.3 Å². The first kappa shape index (κ1) is 62.3. The summed E-state index contributed by atoms with van der Waals surface area (Å²) in [5.74, 6) is 4.83. The Morgan fingerprint density at radius 3 is 1.10 bits per heavy atom. The van der Waals surface area contributed by atoms with E-state index in [1.807, 2.05) is 91.0 Å². The molecular formula is C69H78N6O8. The van der Waals surface area contributed by atoms with Crippen LogP contribution in [0.5, 0.6) is 0 Å². The van der Waals surface area contributed by atoms with Crippen molar-refractivity contribution in [2.45, 2.75) is 124 Å². The molecular weight excluding hydrogens is 1040 g/mol. The Kier molecular flexibility index (Phi) is 20.4. The normalized spacial score (nSPS) is 12.1. The van der Waals surface area contributed by atoms with Crippen LogP contribution in [0.4, 0.5) is 0 Å². The highest BCUT2D eigenvalue weighted by atomic mass is 16.6. The first-order chi connectivity index (χ1) is 39.2. The number of carbonyl (C=O) groups is 4. The van der Waals surface area contributed by atoms with E-state index in [9.17, 15) is 19.2 Å². The fourth-order valence-electron chi connectivity index (χ4n) is 9.34. The molecule has 14 heteroatoms. The second-order valence-electron chi connectivity index (χ2n) is 24.4. The van der Waals surface area contributed by atoms with Gasteiger partial charge in [0.15, 0.2) is 0 Å². The minimum Gasteiger partial charge on any atom is -0.459 e. The van der Waals surface area contributed by atoms with Crippen molar-refractivity contribution in [1.82, 2.24) is 30.1 Å². The summed E-state index contributed by atoms with van der Waals surface area (Å²) < 4.78 is 22.6. The Labute approximate surface area is 490 Å². The maximum atomic E-state index is 13.2. The Balaban J connectivity index is 1.24. The van der Waals surface area contributed by atoms with Crippen LogP contribution >= 0.6 is 0 Å². The first-order valence-corrected chi connectivity index (χ1v) is 28.0. The van der Waals surface area contributed by atoms with E-state index in [0.29, 0.717) is 40.7 Å². The van der Waals surface area contributed by atoms with Crippen molar-refractivity contribution in [1.29, 1.82) is 0 Å². The summed E-state index contributed by atoms with van der Waals surface area (Å²) in [5.41, 5.74) is 5.48. The number of nitrogens with one attached hydrogen (secondary N) is 1. The van der Waals surface area contributed by atoms with Gasteiger partial charge >= 0.3 is 23.9 Å². The van der Waals surface area contributed by atoms with Crippen molar-refractivity contribution in [2.75, 3.05) is 32.7 Å². The fraction of sp³-hybridized carbons (Fsp3) is 0.348. The summed E-state index contributed by atoms with van der Waals surface area (Å²) in [4.78, 5) is 71.4. The predicted molar refractivity (Wildman–Crippen MR) is 324 cm³/mol. The molecule has 0 aliphatic rings. The molecule has 0 aliphatic heterocycles. The summed E-state index contributed by atoms with van der Waals surface area (Å²) in [6.07, 6.45) is 0. The van der Waals surface area contributed by atoms with Crippen LogP contribution in [0.3, 0.4) is 0 Å². The highest BCUT2D eigenvalue weighted by Crippen LogP contribution is 2.37. The fourth-order valence-corrected chi connectivity index (χ4v) is 9.34. The SMILES string of the molecule is CC(C)(C)OC(=O)CN(CC(=O)OC(C)(C)C)Cc1cccc(-c2cc(-c3ccc(C#CCNC(c4ccccc4)(c4ccccc4)c4ccccc4)cc3)cc(-c3cccc(CN(CC(=O)OC(C)(C)C)CC(=O)OC(C)(C)C)n3)n2)n1. The largest absolute Gasteiger partial charge is 0.459 e. The maximum absolute atomic E-state index is 13.2. The van der Waals surface area contributed by atoms with Crippen LogP contribution in [0.15, 0.2) is 164 Å². The molecule has 0 unspecified atom stereocenters. The maximum Gasteiger partial charge on any atom is 0.320 e. The minimum atomic E-state index is -0.734. The molecule has 14 nitrogen and oxygen atoms in total. The van der Waals surface area contributed by atoms with Crippen molar-refractivity contribution in [3.05, 3.63) is 197 Å². The van der Waals surface area contributed by atoms with Gasteiger partial charge < -0.3 is 18.9 Å². The Morgan fingerprint density at radius 2 is 0.759 bits per heavy atom. The highest BCUT2D eigenvalue weighted by Gasteiger charge is 2.35. The van der Waals surface area contributed by atoms with E-state index in [0.717, 1.165) is 33.4 Å². The molecule has 0 atom stereocenters. The molecule has 4 aromatic carbocycles. The number of nitrogens with zero attached hydrogens (tertiary/aromatic N) is 5. The average Bonchev–Trinajstić information content (AvgIpc) is 2.97. The van der Waals surface area contributed by atoms with E-state index in [1.165, 1.54) is 0 Å². The lowest BCUT2D eigenvalue weighted by Gasteiger charge is -2.36. The molecule has 7 aromatic rings. The van der Waals surface area contributed by atoms with Crippen molar-refractivity contribution in [3.8, 4) is 45.7 Å². The molecule has 3 heterocycles. The van der Waals surface area contributed by atoms with E-state index in [2.05, 4.69) is 90.0 Å². The molecule has 0 spiro atoms. The molecule has 0 saturated carbocycles. The molecule has 1 N–H and O–H groups in total. The van der Waals surface area contributed by atoms with Crippen molar-refractivity contribution >= 4 is 23.9 Å². The zero-order chi connectivity index (χ0) is 60.0. The molecule has 432 valence electrons. The quantitative estimate of drug-likeness (QED) is 0.0332. The van der Waals surface area contributed by atoms with Crippen LogP contribution in [-0.2, 0) is 56.8 Å². The monoisotopic (exact) mass is 1120 g/mol. The van der Waals surface area contributed by atoms with Gasteiger partial charge in [0.05, 0.1) is 72.4 Å². The summed E-state index contributed by atoms with van der Waals surface area (Å²) in [6, 6.07) is 54.3. The zero-order valence-corrected chi connectivity index (χ0v) is 50.0. The molecule has 0 fully saturated rings. The van der Waals surface area contributed by atoms with E-state index in [-0.39, 0.29) is 39.3 Å². The number of rotatable bonds is 20. The Morgan fingerprint density at radius 1 is 0.410 bits per heavy atom. The van der Waals surface area contributed by atoms with Gasteiger partial charge in [0.1, 0.15) is 22.4 Å². The van der Waals surface area contributed by atoms with E-state index in [4.69, 9.17) is 33.9 Å². The van der Waals surface area contributed by atoms with Gasteiger partial charge in [-0.05, 0) is 159 Å². The Bertz CT molecular complexity index is 3100. The Hall–Kier alpha value is -8.35. The third-order valence-corrected chi connectivity index (χ3v) is 12.3. The van der Waals surface area contributed by atoms with Crippen LogP contribution in [0.2, 0.25) is 0 Å². The molecule has 83 heavy (non-hydrogen) atoms. The van der Waals surface area contributed by atoms with Crippen molar-refractivity contribution < 1.29 is 38.1 Å². The molecule has 7 rings (SSSR count). The van der Waals surface area contributed by atoms with E-state index in [1.54, 1.807) is 92.9 Å². The number of hydrogen-bond donors (Lipinski definition) is 1. The van der Waals surface area contributed by atoms with E-state index >= 15 is 0 Å². The number of benzene rings is 4. The number of hydrogen-bond acceptors (Lipinski definition) is 14. The number of esters is 4.